The molecule has 0 fully saturated rings. The predicted octanol–water partition coefficient (Wildman–Crippen LogP) is 1.80. The summed E-state index contributed by atoms with van der Waals surface area (Å²) in [5.74, 6) is 0. The van der Waals surface area contributed by atoms with Gasteiger partial charge in [0.25, 0.3) is 0 Å². The number of benzene rings is 1. The number of rotatable bonds is 7. The highest BCUT2D eigenvalue weighted by atomic mass is 32.2. The Balaban J connectivity index is 3.03. The monoisotopic (exact) mass is 296 g/mol. The first-order chi connectivity index (χ1) is 9.43. The second kappa shape index (κ2) is 7.39. The number of hydrogen-bond donors (Lipinski definition) is 0. The van der Waals surface area contributed by atoms with Crippen molar-refractivity contribution in [3.63, 3.8) is 0 Å². The van der Waals surface area contributed by atoms with Crippen molar-refractivity contribution >= 4 is 10.0 Å². The van der Waals surface area contributed by atoms with Gasteiger partial charge in [-0.3, -0.25) is 0 Å². The van der Waals surface area contributed by atoms with Gasteiger partial charge in [0.15, 0.2) is 0 Å². The molecule has 20 heavy (non-hydrogen) atoms. The smallest absolute Gasteiger partial charge is 0.243 e. The fourth-order valence-corrected chi connectivity index (χ4v) is 3.46. The minimum absolute atomic E-state index is 0.145. The lowest BCUT2D eigenvalue weighted by Crippen LogP contribution is -2.39. The van der Waals surface area contributed by atoms with Crippen molar-refractivity contribution in [3.8, 4) is 6.07 Å². The summed E-state index contributed by atoms with van der Waals surface area (Å²) in [4.78, 5) is 0.240. The van der Waals surface area contributed by atoms with E-state index in [1.807, 2.05) is 19.9 Å². The van der Waals surface area contributed by atoms with Gasteiger partial charge >= 0.3 is 0 Å². The SMILES string of the molecule is COCCN(C(C)C)S(=O)(=O)c1ccc(CC#N)cc1. The second-order valence-electron chi connectivity index (χ2n) is 4.68. The van der Waals surface area contributed by atoms with Crippen LogP contribution < -0.4 is 0 Å². The Morgan fingerprint density at radius 3 is 2.35 bits per heavy atom. The van der Waals surface area contributed by atoms with E-state index in [-0.39, 0.29) is 17.4 Å². The zero-order chi connectivity index (χ0) is 15.2. The average Bonchev–Trinajstić information content (AvgIpc) is 2.39. The van der Waals surface area contributed by atoms with Gasteiger partial charge in [0.1, 0.15) is 0 Å². The highest BCUT2D eigenvalue weighted by molar-refractivity contribution is 7.89. The fourth-order valence-electron chi connectivity index (χ4n) is 1.84. The van der Waals surface area contributed by atoms with E-state index in [0.717, 1.165) is 5.56 Å². The minimum Gasteiger partial charge on any atom is -0.383 e. The lowest BCUT2D eigenvalue weighted by molar-refractivity contribution is 0.171. The molecule has 0 aliphatic rings. The molecule has 0 spiro atoms. The van der Waals surface area contributed by atoms with Crippen LogP contribution in [0.4, 0.5) is 0 Å². The van der Waals surface area contributed by atoms with Crippen molar-refractivity contribution in [2.45, 2.75) is 31.2 Å². The second-order valence-corrected chi connectivity index (χ2v) is 6.57. The van der Waals surface area contributed by atoms with Crippen LogP contribution in [0.25, 0.3) is 0 Å². The van der Waals surface area contributed by atoms with Gasteiger partial charge in [-0.2, -0.15) is 9.57 Å². The fraction of sp³-hybridized carbons (Fsp3) is 0.500. The quantitative estimate of drug-likeness (QED) is 0.769. The van der Waals surface area contributed by atoms with Crippen molar-refractivity contribution in [2.75, 3.05) is 20.3 Å². The summed E-state index contributed by atoms with van der Waals surface area (Å²) >= 11 is 0. The highest BCUT2D eigenvalue weighted by Crippen LogP contribution is 2.18. The molecule has 0 atom stereocenters. The van der Waals surface area contributed by atoms with Crippen LogP contribution in [-0.4, -0.2) is 39.0 Å². The third kappa shape index (κ3) is 4.04. The molecule has 1 aromatic carbocycles. The summed E-state index contributed by atoms with van der Waals surface area (Å²) in [6, 6.07) is 8.32. The Bertz CT molecular complexity index is 559. The standard InChI is InChI=1S/C14H20N2O3S/c1-12(2)16(10-11-19-3)20(17,18)14-6-4-13(5-7-14)8-9-15/h4-7,12H,8,10-11H2,1-3H3. The van der Waals surface area contributed by atoms with Gasteiger partial charge in [0.2, 0.25) is 10.0 Å². The van der Waals surface area contributed by atoms with Gasteiger partial charge in [0.05, 0.1) is 24.0 Å². The average molecular weight is 296 g/mol. The van der Waals surface area contributed by atoms with E-state index in [4.69, 9.17) is 10.00 Å². The molecule has 0 bridgehead atoms. The third-order valence-electron chi connectivity index (χ3n) is 2.90. The van der Waals surface area contributed by atoms with Crippen LogP contribution in [0, 0.1) is 11.3 Å². The minimum atomic E-state index is -3.53. The Kier molecular flexibility index (Phi) is 6.14. The Labute approximate surface area is 120 Å². The predicted molar refractivity (Wildman–Crippen MR) is 76.7 cm³/mol. The molecule has 6 heteroatoms. The molecular weight excluding hydrogens is 276 g/mol. The summed E-state index contributed by atoms with van der Waals surface area (Å²) in [5, 5.41) is 8.62. The molecule has 110 valence electrons. The Hall–Kier alpha value is -1.42. The summed E-state index contributed by atoms with van der Waals surface area (Å²) in [7, 11) is -1.99. The molecule has 0 heterocycles. The van der Waals surface area contributed by atoms with Gasteiger partial charge in [-0.15, -0.1) is 0 Å². The van der Waals surface area contributed by atoms with Crippen LogP contribution >= 0.6 is 0 Å². The van der Waals surface area contributed by atoms with E-state index >= 15 is 0 Å². The summed E-state index contributed by atoms with van der Waals surface area (Å²) in [6.45, 7) is 4.33. The molecular formula is C14H20N2O3S. The number of nitriles is 1. The Morgan fingerprint density at radius 1 is 1.30 bits per heavy atom. The number of hydrogen-bond acceptors (Lipinski definition) is 4. The zero-order valence-electron chi connectivity index (χ0n) is 12.0. The Morgan fingerprint density at radius 2 is 1.90 bits per heavy atom. The maximum Gasteiger partial charge on any atom is 0.243 e. The first-order valence-corrected chi connectivity index (χ1v) is 7.84. The van der Waals surface area contributed by atoms with Crippen molar-refractivity contribution < 1.29 is 13.2 Å². The molecule has 0 saturated carbocycles. The van der Waals surface area contributed by atoms with Gasteiger partial charge < -0.3 is 4.74 Å². The van der Waals surface area contributed by atoms with E-state index in [1.165, 1.54) is 4.31 Å². The van der Waals surface area contributed by atoms with Crippen LogP contribution in [0.15, 0.2) is 29.2 Å². The van der Waals surface area contributed by atoms with E-state index < -0.39 is 10.0 Å². The van der Waals surface area contributed by atoms with Gasteiger partial charge in [-0.25, -0.2) is 8.42 Å². The number of nitrogens with zero attached hydrogens (tertiary/aromatic N) is 2. The first kappa shape index (κ1) is 16.6. The lowest BCUT2D eigenvalue weighted by atomic mass is 10.2. The highest BCUT2D eigenvalue weighted by Gasteiger charge is 2.26. The van der Waals surface area contributed by atoms with Crippen molar-refractivity contribution in [3.05, 3.63) is 29.8 Å². The molecule has 0 radical (unpaired) electrons. The molecule has 0 amide bonds. The molecule has 0 N–H and O–H groups in total. The van der Waals surface area contributed by atoms with E-state index in [1.54, 1.807) is 31.4 Å². The van der Waals surface area contributed by atoms with Crippen LogP contribution in [0.3, 0.4) is 0 Å². The molecule has 0 unspecified atom stereocenters. The third-order valence-corrected chi connectivity index (χ3v) is 4.99. The number of sulfonamides is 1. The molecule has 5 nitrogen and oxygen atoms in total. The molecule has 0 aliphatic heterocycles. The topological polar surface area (TPSA) is 70.4 Å². The van der Waals surface area contributed by atoms with Crippen LogP contribution in [-0.2, 0) is 21.2 Å². The van der Waals surface area contributed by atoms with Crippen LogP contribution in [0.1, 0.15) is 19.4 Å². The van der Waals surface area contributed by atoms with Gasteiger partial charge in [0, 0.05) is 19.7 Å². The van der Waals surface area contributed by atoms with Gasteiger partial charge in [-0.1, -0.05) is 12.1 Å². The lowest BCUT2D eigenvalue weighted by Gasteiger charge is -2.25. The summed E-state index contributed by atoms with van der Waals surface area (Å²) < 4.78 is 31.5. The largest absolute Gasteiger partial charge is 0.383 e. The normalized spacial score (nSPS) is 11.8. The zero-order valence-corrected chi connectivity index (χ0v) is 12.9. The van der Waals surface area contributed by atoms with Gasteiger partial charge in [-0.05, 0) is 31.5 Å². The molecule has 1 aromatic rings. The summed E-state index contributed by atoms with van der Waals surface area (Å²) in [6.07, 6.45) is 0.276. The first-order valence-electron chi connectivity index (χ1n) is 6.40. The van der Waals surface area contributed by atoms with E-state index in [0.29, 0.717) is 13.2 Å². The van der Waals surface area contributed by atoms with Crippen molar-refractivity contribution in [2.24, 2.45) is 0 Å². The van der Waals surface area contributed by atoms with Crippen LogP contribution in [0.2, 0.25) is 0 Å². The maximum absolute atomic E-state index is 12.6. The number of methoxy groups -OCH3 is 1. The number of ether oxygens (including phenoxy) is 1. The van der Waals surface area contributed by atoms with E-state index in [2.05, 4.69) is 0 Å². The molecule has 0 aromatic heterocycles. The van der Waals surface area contributed by atoms with Crippen molar-refractivity contribution in [1.29, 1.82) is 5.26 Å². The van der Waals surface area contributed by atoms with E-state index in [9.17, 15) is 8.42 Å². The molecule has 0 aliphatic carbocycles. The van der Waals surface area contributed by atoms with Crippen LogP contribution in [0.5, 0.6) is 0 Å². The molecule has 0 saturated heterocycles. The maximum atomic E-state index is 12.6. The molecule has 1 rings (SSSR count). The summed E-state index contributed by atoms with van der Waals surface area (Å²) in [5.41, 5.74) is 0.805. The van der Waals surface area contributed by atoms with Crippen molar-refractivity contribution in [1.82, 2.24) is 4.31 Å².